The van der Waals surface area contributed by atoms with Crippen molar-refractivity contribution in [3.63, 3.8) is 0 Å². The Balaban J connectivity index is 1.64. The number of hydrogen-bond acceptors (Lipinski definition) is 3. The average molecular weight is 316 g/mol. The molecule has 1 aromatic rings. The van der Waals surface area contributed by atoms with E-state index in [2.05, 4.69) is 17.6 Å². The average Bonchev–Trinajstić information content (AvgIpc) is 3.26. The van der Waals surface area contributed by atoms with E-state index in [1.807, 2.05) is 4.90 Å². The number of rotatable bonds is 4. The first kappa shape index (κ1) is 15.8. The topological polar surface area (TPSA) is 87.5 Å². The Labute approximate surface area is 136 Å². The molecule has 0 bridgehead atoms. The molecular formula is C17H24N4O2. The molecule has 1 saturated carbocycles. The number of likely N-dealkylation sites (tertiary alicyclic amines) is 1. The number of carbonyl (C=O) groups excluding carboxylic acids is 2. The molecule has 124 valence electrons. The minimum absolute atomic E-state index is 0.00609. The van der Waals surface area contributed by atoms with Crippen molar-refractivity contribution in [2.75, 3.05) is 25.0 Å². The number of urea groups is 1. The largest absolute Gasteiger partial charge is 0.338 e. The summed E-state index contributed by atoms with van der Waals surface area (Å²) in [6.07, 6.45) is 3.01. The molecule has 0 radical (unpaired) electrons. The van der Waals surface area contributed by atoms with Gasteiger partial charge in [-0.15, -0.1) is 0 Å². The van der Waals surface area contributed by atoms with Crippen LogP contribution in [0.5, 0.6) is 0 Å². The predicted molar refractivity (Wildman–Crippen MR) is 89.3 cm³/mol. The molecule has 1 aromatic carbocycles. The Hall–Kier alpha value is -2.08. The molecule has 0 aromatic heterocycles. The second kappa shape index (κ2) is 6.20. The third-order valence-electron chi connectivity index (χ3n) is 4.62. The van der Waals surface area contributed by atoms with E-state index in [0.717, 1.165) is 25.8 Å². The number of anilines is 1. The van der Waals surface area contributed by atoms with Gasteiger partial charge in [-0.05, 0) is 49.4 Å². The van der Waals surface area contributed by atoms with Crippen LogP contribution in [-0.4, -0.2) is 42.5 Å². The third kappa shape index (κ3) is 3.82. The molecule has 1 unspecified atom stereocenters. The summed E-state index contributed by atoms with van der Waals surface area (Å²) in [4.78, 5) is 26.3. The molecule has 2 aliphatic rings. The monoisotopic (exact) mass is 316 g/mol. The Kier molecular flexibility index (Phi) is 4.26. The van der Waals surface area contributed by atoms with Gasteiger partial charge in [-0.1, -0.05) is 13.0 Å². The number of nitrogens with two attached hydrogens (primary N) is 1. The minimum Gasteiger partial charge on any atom is -0.338 e. The van der Waals surface area contributed by atoms with Crippen LogP contribution >= 0.6 is 0 Å². The van der Waals surface area contributed by atoms with Crippen LogP contribution in [-0.2, 0) is 0 Å². The summed E-state index contributed by atoms with van der Waals surface area (Å²) in [5, 5.41) is 5.65. The molecule has 1 aliphatic carbocycles. The van der Waals surface area contributed by atoms with Crippen LogP contribution < -0.4 is 16.4 Å². The number of carbonyl (C=O) groups is 2. The smallest absolute Gasteiger partial charge is 0.319 e. The van der Waals surface area contributed by atoms with E-state index in [4.69, 9.17) is 5.73 Å². The Morgan fingerprint density at radius 1 is 1.39 bits per heavy atom. The van der Waals surface area contributed by atoms with Crippen molar-refractivity contribution < 1.29 is 9.59 Å². The second-order valence-corrected chi connectivity index (χ2v) is 6.95. The van der Waals surface area contributed by atoms with Gasteiger partial charge in [0.1, 0.15) is 0 Å². The van der Waals surface area contributed by atoms with E-state index < -0.39 is 0 Å². The van der Waals surface area contributed by atoms with E-state index in [1.54, 1.807) is 24.3 Å². The maximum Gasteiger partial charge on any atom is 0.319 e. The van der Waals surface area contributed by atoms with Crippen molar-refractivity contribution in [1.29, 1.82) is 0 Å². The van der Waals surface area contributed by atoms with E-state index in [0.29, 0.717) is 30.4 Å². The van der Waals surface area contributed by atoms with Gasteiger partial charge in [0.05, 0.1) is 0 Å². The summed E-state index contributed by atoms with van der Waals surface area (Å²) < 4.78 is 0. The van der Waals surface area contributed by atoms with E-state index >= 15 is 0 Å². The molecule has 2 fully saturated rings. The molecule has 1 saturated heterocycles. The number of nitrogens with one attached hydrogen (secondary N) is 2. The van der Waals surface area contributed by atoms with E-state index in [-0.39, 0.29) is 17.4 Å². The highest BCUT2D eigenvalue weighted by Crippen LogP contribution is 2.29. The van der Waals surface area contributed by atoms with Gasteiger partial charge in [0.25, 0.3) is 5.91 Å². The molecule has 3 amide bonds. The fraction of sp³-hybridized carbons (Fsp3) is 0.529. The zero-order valence-electron chi connectivity index (χ0n) is 13.5. The summed E-state index contributed by atoms with van der Waals surface area (Å²) in [7, 11) is 0. The van der Waals surface area contributed by atoms with Crippen LogP contribution in [0.15, 0.2) is 24.3 Å². The highest BCUT2D eigenvalue weighted by molar-refractivity contribution is 5.97. The zero-order chi connectivity index (χ0) is 16.4. The molecule has 4 N–H and O–H groups in total. The Bertz CT molecular complexity index is 614. The molecule has 6 heteroatoms. The van der Waals surface area contributed by atoms with Gasteiger partial charge in [0.2, 0.25) is 0 Å². The third-order valence-corrected chi connectivity index (χ3v) is 4.62. The molecule has 23 heavy (non-hydrogen) atoms. The molecule has 1 atom stereocenters. The van der Waals surface area contributed by atoms with Crippen molar-refractivity contribution in [3.8, 4) is 0 Å². The van der Waals surface area contributed by atoms with Gasteiger partial charge in [0, 0.05) is 30.4 Å². The van der Waals surface area contributed by atoms with Gasteiger partial charge in [0.15, 0.2) is 0 Å². The van der Waals surface area contributed by atoms with E-state index in [1.165, 1.54) is 0 Å². The number of hydrogen-bond donors (Lipinski definition) is 3. The van der Waals surface area contributed by atoms with Crippen molar-refractivity contribution in [3.05, 3.63) is 29.8 Å². The first-order valence-corrected chi connectivity index (χ1v) is 8.16. The van der Waals surface area contributed by atoms with Gasteiger partial charge >= 0.3 is 6.03 Å². The van der Waals surface area contributed by atoms with Gasteiger partial charge in [-0.25, -0.2) is 4.79 Å². The number of benzene rings is 1. The summed E-state index contributed by atoms with van der Waals surface area (Å²) in [6.45, 7) is 4.11. The lowest BCUT2D eigenvalue weighted by atomic mass is 9.90. The fourth-order valence-corrected chi connectivity index (χ4v) is 2.86. The van der Waals surface area contributed by atoms with Crippen molar-refractivity contribution in [1.82, 2.24) is 10.2 Å². The van der Waals surface area contributed by atoms with Gasteiger partial charge in [-0.3, -0.25) is 4.79 Å². The Morgan fingerprint density at radius 3 is 2.83 bits per heavy atom. The lowest BCUT2D eigenvalue weighted by molar-refractivity contribution is 0.0777. The standard InChI is InChI=1S/C17H24N4O2/c1-17(10-18)7-8-21(11-17)15(22)12-3-2-4-14(9-12)20-16(23)19-13-5-6-13/h2-4,9,13H,5-8,10-11,18H2,1H3,(H2,19,20,23). The predicted octanol–water partition coefficient (Wildman–Crippen LogP) is 1.78. The Morgan fingerprint density at radius 2 is 2.17 bits per heavy atom. The molecule has 6 nitrogen and oxygen atoms in total. The first-order valence-electron chi connectivity index (χ1n) is 8.16. The van der Waals surface area contributed by atoms with Crippen LogP contribution in [0.3, 0.4) is 0 Å². The zero-order valence-corrected chi connectivity index (χ0v) is 13.5. The summed E-state index contributed by atoms with van der Waals surface area (Å²) >= 11 is 0. The SMILES string of the molecule is CC1(CN)CCN(C(=O)c2cccc(NC(=O)NC3CC3)c2)C1. The van der Waals surface area contributed by atoms with Crippen LogP contribution in [0, 0.1) is 5.41 Å². The second-order valence-electron chi connectivity index (χ2n) is 6.95. The summed E-state index contributed by atoms with van der Waals surface area (Å²) in [5.41, 5.74) is 7.04. The lowest BCUT2D eigenvalue weighted by Crippen LogP contribution is -2.34. The number of nitrogens with zero attached hydrogens (tertiary/aromatic N) is 1. The fourth-order valence-electron chi connectivity index (χ4n) is 2.86. The molecule has 0 spiro atoms. The molecule has 3 rings (SSSR count). The highest BCUT2D eigenvalue weighted by atomic mass is 16.2. The summed E-state index contributed by atoms with van der Waals surface area (Å²) in [6, 6.07) is 7.18. The quantitative estimate of drug-likeness (QED) is 0.791. The van der Waals surface area contributed by atoms with Crippen LogP contribution in [0.2, 0.25) is 0 Å². The number of amides is 3. The molecule has 1 heterocycles. The first-order chi connectivity index (χ1) is 11.0. The maximum atomic E-state index is 12.6. The van der Waals surface area contributed by atoms with Crippen molar-refractivity contribution >= 4 is 17.6 Å². The highest BCUT2D eigenvalue weighted by Gasteiger charge is 2.35. The van der Waals surface area contributed by atoms with Crippen molar-refractivity contribution in [2.24, 2.45) is 11.1 Å². The van der Waals surface area contributed by atoms with Crippen LogP contribution in [0.1, 0.15) is 36.5 Å². The van der Waals surface area contributed by atoms with Gasteiger partial charge in [-0.2, -0.15) is 0 Å². The lowest BCUT2D eigenvalue weighted by Gasteiger charge is -2.22. The van der Waals surface area contributed by atoms with Crippen molar-refractivity contribution in [2.45, 2.75) is 32.2 Å². The molecule has 1 aliphatic heterocycles. The normalized spacial score (nSPS) is 23.7. The van der Waals surface area contributed by atoms with Gasteiger partial charge < -0.3 is 21.3 Å². The summed E-state index contributed by atoms with van der Waals surface area (Å²) in [5.74, 6) is -0.00609. The maximum absolute atomic E-state index is 12.6. The minimum atomic E-state index is -0.214. The molecular weight excluding hydrogens is 292 g/mol. The van der Waals surface area contributed by atoms with Crippen LogP contribution in [0.4, 0.5) is 10.5 Å². The van der Waals surface area contributed by atoms with Crippen LogP contribution in [0.25, 0.3) is 0 Å². The van der Waals surface area contributed by atoms with E-state index in [9.17, 15) is 9.59 Å².